The Morgan fingerprint density at radius 2 is 1.89 bits per heavy atom. The third kappa shape index (κ3) is 4.28. The number of aryl methyl sites for hydroxylation is 2. The first-order valence-corrected chi connectivity index (χ1v) is 6.67. The maximum absolute atomic E-state index is 11.8. The molecule has 0 saturated heterocycles. The fourth-order valence-electron chi connectivity index (χ4n) is 2.05. The third-order valence-corrected chi connectivity index (χ3v) is 3.19. The van der Waals surface area contributed by atoms with E-state index in [2.05, 4.69) is 9.88 Å². The second-order valence-corrected chi connectivity index (χ2v) is 4.73. The monoisotopic (exact) mass is 256 g/mol. The number of nitrogens with zero attached hydrogens (tertiary/aromatic N) is 1. The number of carbonyl (C=O) groups excluding carboxylic acids is 1. The molecule has 0 atom stereocenters. The minimum Gasteiger partial charge on any atom is -0.356 e. The number of aromatic nitrogens is 1. The Bertz CT molecular complexity index is 517. The van der Waals surface area contributed by atoms with Crippen LogP contribution in [0.4, 0.5) is 0 Å². The molecule has 1 N–H and O–H groups in total. The lowest BCUT2D eigenvalue weighted by atomic mass is 10.1. The molecular formula is C16H20N2O. The topological polar surface area (TPSA) is 34.0 Å². The van der Waals surface area contributed by atoms with Gasteiger partial charge in [0, 0.05) is 25.5 Å². The lowest BCUT2D eigenvalue weighted by Crippen LogP contribution is -2.27. The van der Waals surface area contributed by atoms with E-state index in [1.165, 1.54) is 5.56 Å². The normalized spacial score (nSPS) is 10.4. The molecule has 3 heteroatoms. The highest BCUT2D eigenvalue weighted by Gasteiger charge is 2.04. The largest absolute Gasteiger partial charge is 0.356 e. The van der Waals surface area contributed by atoms with Crippen LogP contribution >= 0.6 is 0 Å². The number of benzene rings is 1. The average Bonchev–Trinajstić information content (AvgIpc) is 2.91. The van der Waals surface area contributed by atoms with Gasteiger partial charge in [-0.15, -0.1) is 0 Å². The van der Waals surface area contributed by atoms with Crippen molar-refractivity contribution in [1.82, 2.24) is 9.88 Å². The van der Waals surface area contributed by atoms with E-state index in [4.69, 9.17) is 0 Å². The Labute approximate surface area is 114 Å². The Hall–Kier alpha value is -2.03. The van der Waals surface area contributed by atoms with Crippen LogP contribution in [0.15, 0.2) is 48.8 Å². The summed E-state index contributed by atoms with van der Waals surface area (Å²) in [5.41, 5.74) is 2.27. The molecule has 0 bridgehead atoms. The van der Waals surface area contributed by atoms with Gasteiger partial charge in [0.25, 0.3) is 0 Å². The van der Waals surface area contributed by atoms with Crippen molar-refractivity contribution in [3.63, 3.8) is 0 Å². The van der Waals surface area contributed by atoms with Crippen molar-refractivity contribution in [1.29, 1.82) is 0 Å². The van der Waals surface area contributed by atoms with Crippen LogP contribution in [0.1, 0.15) is 17.5 Å². The van der Waals surface area contributed by atoms with E-state index < -0.39 is 0 Å². The first kappa shape index (κ1) is 13.4. The first-order valence-electron chi connectivity index (χ1n) is 6.67. The molecule has 0 aliphatic heterocycles. The molecule has 3 nitrogen and oxygen atoms in total. The number of hydrogen-bond donors (Lipinski definition) is 1. The van der Waals surface area contributed by atoms with Crippen LogP contribution in [0, 0.1) is 6.92 Å². The highest BCUT2D eigenvalue weighted by Crippen LogP contribution is 2.07. The van der Waals surface area contributed by atoms with Gasteiger partial charge in [-0.2, -0.15) is 0 Å². The highest BCUT2D eigenvalue weighted by molar-refractivity contribution is 5.78. The summed E-state index contributed by atoms with van der Waals surface area (Å²) in [4.78, 5) is 11.8. The van der Waals surface area contributed by atoms with Crippen molar-refractivity contribution in [2.45, 2.75) is 26.3 Å². The van der Waals surface area contributed by atoms with Gasteiger partial charge in [0.2, 0.25) is 5.91 Å². The summed E-state index contributed by atoms with van der Waals surface area (Å²) in [5, 5.41) is 2.97. The van der Waals surface area contributed by atoms with Crippen molar-refractivity contribution < 1.29 is 4.79 Å². The molecular weight excluding hydrogens is 236 g/mol. The van der Waals surface area contributed by atoms with E-state index in [1.54, 1.807) is 0 Å². The van der Waals surface area contributed by atoms with Crippen LogP contribution in [-0.4, -0.2) is 17.0 Å². The lowest BCUT2D eigenvalue weighted by molar-refractivity contribution is -0.120. The van der Waals surface area contributed by atoms with Gasteiger partial charge >= 0.3 is 0 Å². The van der Waals surface area contributed by atoms with Gasteiger partial charge in [-0.25, -0.2) is 0 Å². The fraction of sp³-hybridized carbons (Fsp3) is 0.312. The Morgan fingerprint density at radius 1 is 1.16 bits per heavy atom. The molecule has 0 saturated carbocycles. The van der Waals surface area contributed by atoms with E-state index in [-0.39, 0.29) is 5.91 Å². The summed E-state index contributed by atoms with van der Waals surface area (Å²) in [6.45, 7) is 3.70. The van der Waals surface area contributed by atoms with Gasteiger partial charge in [0.15, 0.2) is 0 Å². The predicted octanol–water partition coefficient (Wildman–Crippen LogP) is 2.55. The standard InChI is InChI=1S/C16H20N2O/c1-14-7-2-3-8-15(14)13-16(19)17-9-6-12-18-10-4-5-11-18/h2-5,7-8,10-11H,6,9,12-13H2,1H3,(H,17,19). The van der Waals surface area contributed by atoms with Crippen LogP contribution < -0.4 is 5.32 Å². The molecule has 0 unspecified atom stereocenters. The summed E-state index contributed by atoms with van der Waals surface area (Å²) in [6.07, 6.45) is 5.49. The second-order valence-electron chi connectivity index (χ2n) is 4.73. The minimum absolute atomic E-state index is 0.0989. The van der Waals surface area contributed by atoms with Crippen LogP contribution in [0.25, 0.3) is 0 Å². The molecule has 0 spiro atoms. The third-order valence-electron chi connectivity index (χ3n) is 3.19. The van der Waals surface area contributed by atoms with Gasteiger partial charge in [-0.05, 0) is 36.6 Å². The van der Waals surface area contributed by atoms with Crippen LogP contribution in [0.5, 0.6) is 0 Å². The molecule has 1 aromatic heterocycles. The molecule has 1 aromatic carbocycles. The van der Waals surface area contributed by atoms with Crippen molar-refractivity contribution in [2.75, 3.05) is 6.54 Å². The number of rotatable bonds is 6. The fourth-order valence-corrected chi connectivity index (χ4v) is 2.05. The summed E-state index contributed by atoms with van der Waals surface area (Å²) < 4.78 is 2.12. The average molecular weight is 256 g/mol. The maximum Gasteiger partial charge on any atom is 0.224 e. The summed E-state index contributed by atoms with van der Waals surface area (Å²) in [5.74, 6) is 0.0989. The lowest BCUT2D eigenvalue weighted by Gasteiger charge is -2.07. The predicted molar refractivity (Wildman–Crippen MR) is 76.9 cm³/mol. The van der Waals surface area contributed by atoms with Crippen molar-refractivity contribution in [3.05, 3.63) is 59.9 Å². The quantitative estimate of drug-likeness (QED) is 0.792. The maximum atomic E-state index is 11.8. The highest BCUT2D eigenvalue weighted by atomic mass is 16.1. The zero-order chi connectivity index (χ0) is 13.5. The van der Waals surface area contributed by atoms with Gasteiger partial charge in [-0.3, -0.25) is 4.79 Å². The number of amides is 1. The van der Waals surface area contributed by atoms with E-state index in [1.807, 2.05) is 55.7 Å². The SMILES string of the molecule is Cc1ccccc1CC(=O)NCCCn1cccc1. The zero-order valence-electron chi connectivity index (χ0n) is 11.3. The van der Waals surface area contributed by atoms with Crippen LogP contribution in [0.3, 0.4) is 0 Å². The smallest absolute Gasteiger partial charge is 0.224 e. The van der Waals surface area contributed by atoms with Gasteiger partial charge in [0.05, 0.1) is 6.42 Å². The Balaban J connectivity index is 1.69. The molecule has 0 radical (unpaired) electrons. The van der Waals surface area contributed by atoms with Gasteiger partial charge in [-0.1, -0.05) is 24.3 Å². The molecule has 2 rings (SSSR count). The zero-order valence-corrected chi connectivity index (χ0v) is 11.3. The summed E-state index contributed by atoms with van der Waals surface area (Å²) in [7, 11) is 0. The van der Waals surface area contributed by atoms with Crippen LogP contribution in [0.2, 0.25) is 0 Å². The van der Waals surface area contributed by atoms with Gasteiger partial charge < -0.3 is 9.88 Å². The van der Waals surface area contributed by atoms with E-state index in [0.29, 0.717) is 6.42 Å². The minimum atomic E-state index is 0.0989. The van der Waals surface area contributed by atoms with Crippen molar-refractivity contribution in [2.24, 2.45) is 0 Å². The molecule has 1 amide bonds. The summed E-state index contributed by atoms with van der Waals surface area (Å²) in [6, 6.07) is 12.0. The van der Waals surface area contributed by atoms with Crippen molar-refractivity contribution >= 4 is 5.91 Å². The first-order chi connectivity index (χ1) is 9.25. The molecule has 100 valence electrons. The number of hydrogen-bond acceptors (Lipinski definition) is 1. The molecule has 1 heterocycles. The molecule has 19 heavy (non-hydrogen) atoms. The van der Waals surface area contributed by atoms with E-state index in [9.17, 15) is 4.79 Å². The Kier molecular flexibility index (Phi) is 4.78. The number of carbonyl (C=O) groups is 1. The van der Waals surface area contributed by atoms with Crippen molar-refractivity contribution in [3.8, 4) is 0 Å². The molecule has 0 aliphatic carbocycles. The Morgan fingerprint density at radius 3 is 2.63 bits per heavy atom. The van der Waals surface area contributed by atoms with Gasteiger partial charge in [0.1, 0.15) is 0 Å². The second kappa shape index (κ2) is 6.78. The summed E-state index contributed by atoms with van der Waals surface area (Å²) >= 11 is 0. The van der Waals surface area contributed by atoms with E-state index in [0.717, 1.165) is 25.1 Å². The number of nitrogens with one attached hydrogen (secondary N) is 1. The molecule has 2 aromatic rings. The molecule has 0 aliphatic rings. The van der Waals surface area contributed by atoms with E-state index >= 15 is 0 Å². The van der Waals surface area contributed by atoms with Crippen LogP contribution in [-0.2, 0) is 17.8 Å². The molecule has 0 fully saturated rings.